The van der Waals surface area contributed by atoms with Gasteiger partial charge in [0.05, 0.1) is 5.69 Å². The summed E-state index contributed by atoms with van der Waals surface area (Å²) in [7, 11) is 0. The maximum atomic E-state index is 10.3. The molecule has 13 heavy (non-hydrogen) atoms. The zero-order valence-electron chi connectivity index (χ0n) is 7.86. The molecule has 2 nitrogen and oxygen atoms in total. The predicted octanol–water partition coefficient (Wildman–Crippen LogP) is 2.54. The average Bonchev–Trinajstić information content (AvgIpc) is 2.63. The van der Waals surface area contributed by atoms with E-state index in [-0.39, 0.29) is 0 Å². The van der Waals surface area contributed by atoms with Crippen LogP contribution in [0.3, 0.4) is 0 Å². The van der Waals surface area contributed by atoms with Gasteiger partial charge in [-0.25, -0.2) is 0 Å². The molecule has 1 saturated carbocycles. The lowest BCUT2D eigenvalue weighted by molar-refractivity contribution is -0.0150. The monoisotopic (exact) mass is 197 g/mol. The SMILES string of the molecule is CC1CCC(O)(c2ccsn2)CC1. The molecule has 1 heterocycles. The van der Waals surface area contributed by atoms with E-state index >= 15 is 0 Å². The molecule has 1 aliphatic carbocycles. The van der Waals surface area contributed by atoms with Crippen LogP contribution >= 0.6 is 11.5 Å². The van der Waals surface area contributed by atoms with Crippen LogP contribution < -0.4 is 0 Å². The highest BCUT2D eigenvalue weighted by molar-refractivity contribution is 7.03. The van der Waals surface area contributed by atoms with Crippen LogP contribution in [-0.4, -0.2) is 9.48 Å². The Morgan fingerprint density at radius 3 is 2.77 bits per heavy atom. The van der Waals surface area contributed by atoms with Crippen LogP contribution in [0.25, 0.3) is 0 Å². The molecule has 1 aliphatic rings. The molecule has 0 atom stereocenters. The molecule has 1 aromatic rings. The van der Waals surface area contributed by atoms with Crippen LogP contribution in [0.1, 0.15) is 38.3 Å². The van der Waals surface area contributed by atoms with Gasteiger partial charge in [-0.05, 0) is 49.2 Å². The van der Waals surface area contributed by atoms with Crippen molar-refractivity contribution in [3.05, 3.63) is 17.1 Å². The van der Waals surface area contributed by atoms with E-state index in [1.165, 1.54) is 11.5 Å². The highest BCUT2D eigenvalue weighted by Crippen LogP contribution is 2.38. The second kappa shape index (κ2) is 3.39. The quantitative estimate of drug-likeness (QED) is 0.750. The van der Waals surface area contributed by atoms with Gasteiger partial charge in [0.2, 0.25) is 0 Å². The van der Waals surface area contributed by atoms with Gasteiger partial charge < -0.3 is 5.11 Å². The van der Waals surface area contributed by atoms with E-state index in [4.69, 9.17) is 0 Å². The number of hydrogen-bond acceptors (Lipinski definition) is 3. The summed E-state index contributed by atoms with van der Waals surface area (Å²) in [6, 6.07) is 1.95. The number of hydrogen-bond donors (Lipinski definition) is 1. The number of nitrogens with zero attached hydrogens (tertiary/aromatic N) is 1. The van der Waals surface area contributed by atoms with Crippen molar-refractivity contribution in [3.8, 4) is 0 Å². The van der Waals surface area contributed by atoms with Gasteiger partial charge in [0.15, 0.2) is 0 Å². The summed E-state index contributed by atoms with van der Waals surface area (Å²) in [5.74, 6) is 0.763. The van der Waals surface area contributed by atoms with Crippen LogP contribution in [0.15, 0.2) is 11.4 Å². The van der Waals surface area contributed by atoms with Crippen molar-refractivity contribution in [2.45, 2.75) is 38.2 Å². The van der Waals surface area contributed by atoms with E-state index in [1.807, 2.05) is 11.4 Å². The van der Waals surface area contributed by atoms with Gasteiger partial charge in [-0.15, -0.1) is 0 Å². The smallest absolute Gasteiger partial charge is 0.108 e. The molecule has 72 valence electrons. The van der Waals surface area contributed by atoms with Crippen LogP contribution in [0.2, 0.25) is 0 Å². The van der Waals surface area contributed by atoms with E-state index in [0.29, 0.717) is 0 Å². The minimum Gasteiger partial charge on any atom is -0.384 e. The molecule has 0 bridgehead atoms. The third-order valence-corrected chi connectivity index (χ3v) is 3.58. The molecular weight excluding hydrogens is 182 g/mol. The standard InChI is InChI=1S/C10H15NOS/c1-8-2-5-10(12,6-3-8)9-4-7-13-11-9/h4,7-8,12H,2-3,5-6H2,1H3. The first kappa shape index (κ1) is 9.16. The Bertz CT molecular complexity index is 262. The number of rotatable bonds is 1. The molecule has 2 rings (SSSR count). The molecule has 1 aromatic heterocycles. The van der Waals surface area contributed by atoms with Gasteiger partial charge in [0, 0.05) is 5.38 Å². The summed E-state index contributed by atoms with van der Waals surface area (Å²) in [6.45, 7) is 2.25. The van der Waals surface area contributed by atoms with Gasteiger partial charge in [0.25, 0.3) is 0 Å². The second-order valence-corrected chi connectivity index (χ2v) is 4.76. The Balaban J connectivity index is 2.13. The lowest BCUT2D eigenvalue weighted by Gasteiger charge is -2.33. The third kappa shape index (κ3) is 1.76. The third-order valence-electron chi connectivity index (χ3n) is 3.02. The van der Waals surface area contributed by atoms with Gasteiger partial charge >= 0.3 is 0 Å². The van der Waals surface area contributed by atoms with Gasteiger partial charge in [-0.2, -0.15) is 4.37 Å². The lowest BCUT2D eigenvalue weighted by Crippen LogP contribution is -2.31. The Labute approximate surface area is 82.8 Å². The topological polar surface area (TPSA) is 33.1 Å². The number of aliphatic hydroxyl groups is 1. The summed E-state index contributed by atoms with van der Waals surface area (Å²) in [5, 5.41) is 12.2. The van der Waals surface area contributed by atoms with Gasteiger partial charge in [-0.1, -0.05) is 6.92 Å². The zero-order chi connectivity index (χ0) is 9.31. The predicted molar refractivity (Wildman–Crippen MR) is 53.6 cm³/mol. The lowest BCUT2D eigenvalue weighted by atomic mass is 9.78. The van der Waals surface area contributed by atoms with Crippen LogP contribution in [-0.2, 0) is 5.60 Å². The first-order valence-electron chi connectivity index (χ1n) is 4.84. The summed E-state index contributed by atoms with van der Waals surface area (Å²) in [5.41, 5.74) is 0.261. The largest absolute Gasteiger partial charge is 0.384 e. The number of aromatic nitrogens is 1. The Kier molecular flexibility index (Phi) is 2.39. The molecule has 0 saturated heterocycles. The fourth-order valence-electron chi connectivity index (χ4n) is 1.95. The molecule has 1 N–H and O–H groups in total. The maximum absolute atomic E-state index is 10.3. The van der Waals surface area contributed by atoms with Crippen LogP contribution in [0, 0.1) is 5.92 Å². The van der Waals surface area contributed by atoms with Crippen molar-refractivity contribution in [2.24, 2.45) is 5.92 Å². The van der Waals surface area contributed by atoms with E-state index in [1.54, 1.807) is 0 Å². The van der Waals surface area contributed by atoms with Crippen molar-refractivity contribution in [2.75, 3.05) is 0 Å². The highest BCUT2D eigenvalue weighted by Gasteiger charge is 2.34. The average molecular weight is 197 g/mol. The molecule has 3 heteroatoms. The fraction of sp³-hybridized carbons (Fsp3) is 0.700. The van der Waals surface area contributed by atoms with Crippen LogP contribution in [0.4, 0.5) is 0 Å². The Hall–Kier alpha value is -0.410. The van der Waals surface area contributed by atoms with E-state index < -0.39 is 5.60 Å². The van der Waals surface area contributed by atoms with Crippen molar-refractivity contribution in [3.63, 3.8) is 0 Å². The first-order valence-corrected chi connectivity index (χ1v) is 5.68. The van der Waals surface area contributed by atoms with E-state index in [0.717, 1.165) is 37.3 Å². The summed E-state index contributed by atoms with van der Waals surface area (Å²) < 4.78 is 4.23. The molecule has 0 unspecified atom stereocenters. The minimum atomic E-state index is -0.619. The fourth-order valence-corrected chi connectivity index (χ4v) is 2.54. The summed E-state index contributed by atoms with van der Waals surface area (Å²) >= 11 is 1.42. The van der Waals surface area contributed by atoms with E-state index in [2.05, 4.69) is 11.3 Å². The molecule has 0 aliphatic heterocycles. The molecular formula is C10H15NOS. The van der Waals surface area contributed by atoms with E-state index in [9.17, 15) is 5.11 Å². The highest BCUT2D eigenvalue weighted by atomic mass is 32.1. The second-order valence-electron chi connectivity index (χ2n) is 4.10. The summed E-state index contributed by atoms with van der Waals surface area (Å²) in [4.78, 5) is 0. The van der Waals surface area contributed by atoms with Crippen molar-refractivity contribution in [1.29, 1.82) is 0 Å². The zero-order valence-corrected chi connectivity index (χ0v) is 8.68. The minimum absolute atomic E-state index is 0.619. The molecule has 0 spiro atoms. The van der Waals surface area contributed by atoms with Gasteiger partial charge in [-0.3, -0.25) is 0 Å². The van der Waals surface area contributed by atoms with Crippen LogP contribution in [0.5, 0.6) is 0 Å². The first-order chi connectivity index (χ1) is 6.21. The van der Waals surface area contributed by atoms with Crippen molar-refractivity contribution >= 4 is 11.5 Å². The summed E-state index contributed by atoms with van der Waals surface area (Å²) in [6.07, 6.45) is 3.98. The molecule has 0 amide bonds. The van der Waals surface area contributed by atoms with Gasteiger partial charge in [0.1, 0.15) is 5.60 Å². The Morgan fingerprint density at radius 2 is 2.23 bits per heavy atom. The molecule has 0 radical (unpaired) electrons. The molecule has 0 aromatic carbocycles. The van der Waals surface area contributed by atoms with Crippen molar-refractivity contribution in [1.82, 2.24) is 4.37 Å². The normalized spacial score (nSPS) is 34.8. The maximum Gasteiger partial charge on any atom is 0.108 e. The molecule has 1 fully saturated rings. The van der Waals surface area contributed by atoms with Crippen molar-refractivity contribution < 1.29 is 5.11 Å². The Morgan fingerprint density at radius 1 is 1.54 bits per heavy atom.